The highest BCUT2D eigenvalue weighted by atomic mass is 32.2. The molecule has 1 aliphatic heterocycles. The van der Waals surface area contributed by atoms with E-state index in [0.29, 0.717) is 26.4 Å². The average molecular weight is 379 g/mol. The molecule has 7 heteroatoms. The molecule has 128 valence electrons. The van der Waals surface area contributed by atoms with Crippen LogP contribution in [0.15, 0.2) is 59.6 Å². The van der Waals surface area contributed by atoms with Crippen molar-refractivity contribution in [1.82, 2.24) is 9.97 Å². The Balaban J connectivity index is 1.68. The van der Waals surface area contributed by atoms with E-state index in [2.05, 4.69) is 9.97 Å². The highest BCUT2D eigenvalue weighted by Crippen LogP contribution is 2.36. The molecular formula is C19H13N3O2S2. The third kappa shape index (κ3) is 3.07. The first-order valence-corrected chi connectivity index (χ1v) is 9.02. The fourth-order valence-electron chi connectivity index (χ4n) is 2.62. The van der Waals surface area contributed by atoms with Crippen LogP contribution in [0.3, 0.4) is 0 Å². The first kappa shape index (κ1) is 16.7. The highest BCUT2D eigenvalue weighted by molar-refractivity contribution is 8.27. The van der Waals surface area contributed by atoms with Gasteiger partial charge in [-0.25, -0.2) is 4.98 Å². The molecule has 0 aliphatic carbocycles. The molecule has 0 bridgehead atoms. The molecule has 1 amide bonds. The lowest BCUT2D eigenvalue weighted by Gasteiger charge is -2.15. The van der Waals surface area contributed by atoms with Crippen molar-refractivity contribution in [3.63, 3.8) is 0 Å². The van der Waals surface area contributed by atoms with E-state index in [1.807, 2.05) is 42.5 Å². The number of hydrogen-bond acceptors (Lipinski definition) is 6. The van der Waals surface area contributed by atoms with Gasteiger partial charge in [0.15, 0.2) is 4.32 Å². The molecule has 1 saturated heterocycles. The number of hydrogen-bond donors (Lipinski definition) is 0. The molecule has 5 nitrogen and oxygen atoms in total. The number of nitrogens with zero attached hydrogens (tertiary/aromatic N) is 3. The van der Waals surface area contributed by atoms with Gasteiger partial charge in [-0.3, -0.25) is 14.7 Å². The lowest BCUT2D eigenvalue weighted by atomic mass is 10.2. The zero-order valence-corrected chi connectivity index (χ0v) is 15.4. The van der Waals surface area contributed by atoms with Gasteiger partial charge in [0.05, 0.1) is 40.6 Å². The number of thioether (sulfide) groups is 1. The second kappa shape index (κ2) is 6.86. The number of rotatable bonds is 3. The van der Waals surface area contributed by atoms with E-state index in [1.54, 1.807) is 25.4 Å². The lowest BCUT2D eigenvalue weighted by molar-refractivity contribution is -0.113. The molecule has 4 rings (SSSR count). The van der Waals surface area contributed by atoms with E-state index >= 15 is 0 Å². The summed E-state index contributed by atoms with van der Waals surface area (Å²) in [6, 6.07) is 14.9. The largest absolute Gasteiger partial charge is 0.497 e. The number of anilines is 1. The Labute approximate surface area is 159 Å². The standard InChI is InChI=1S/C19H13N3O2S2/c1-24-14-6-4-5-13(10-14)22-18(23)17(26-19(22)25)9-12-11-20-15-7-2-3-8-16(15)21-12/h2-11H,1H3/b17-9-. The van der Waals surface area contributed by atoms with Crippen molar-refractivity contribution in [2.75, 3.05) is 12.0 Å². The summed E-state index contributed by atoms with van der Waals surface area (Å²) in [5.74, 6) is 0.490. The van der Waals surface area contributed by atoms with Gasteiger partial charge < -0.3 is 4.74 Å². The van der Waals surface area contributed by atoms with Crippen LogP contribution in [0.5, 0.6) is 5.75 Å². The van der Waals surface area contributed by atoms with Crippen LogP contribution in [0.25, 0.3) is 17.1 Å². The summed E-state index contributed by atoms with van der Waals surface area (Å²) in [6.45, 7) is 0. The number of amides is 1. The molecule has 3 aromatic rings. The van der Waals surface area contributed by atoms with E-state index in [4.69, 9.17) is 17.0 Å². The minimum atomic E-state index is -0.178. The fraction of sp³-hybridized carbons (Fsp3) is 0.0526. The second-order valence-corrected chi connectivity index (χ2v) is 7.18. The first-order chi connectivity index (χ1) is 12.7. The summed E-state index contributed by atoms with van der Waals surface area (Å²) < 4.78 is 5.70. The molecular weight excluding hydrogens is 366 g/mol. The monoisotopic (exact) mass is 379 g/mol. The van der Waals surface area contributed by atoms with Crippen LogP contribution in [0.4, 0.5) is 5.69 Å². The summed E-state index contributed by atoms with van der Waals surface area (Å²) >= 11 is 6.65. The van der Waals surface area contributed by atoms with Crippen molar-refractivity contribution in [2.24, 2.45) is 0 Å². The van der Waals surface area contributed by atoms with Crippen LogP contribution >= 0.6 is 24.0 Å². The van der Waals surface area contributed by atoms with Gasteiger partial charge in [0.1, 0.15) is 5.75 Å². The Kier molecular flexibility index (Phi) is 4.40. The molecule has 2 aromatic carbocycles. The quantitative estimate of drug-likeness (QED) is 0.506. The van der Waals surface area contributed by atoms with E-state index < -0.39 is 0 Å². The number of methoxy groups -OCH3 is 1. The number of carbonyl (C=O) groups is 1. The van der Waals surface area contributed by atoms with Crippen molar-refractivity contribution in [3.8, 4) is 5.75 Å². The van der Waals surface area contributed by atoms with Crippen LogP contribution in [-0.4, -0.2) is 27.3 Å². The van der Waals surface area contributed by atoms with Gasteiger partial charge in [-0.1, -0.05) is 42.2 Å². The molecule has 2 heterocycles. The maximum absolute atomic E-state index is 12.8. The van der Waals surface area contributed by atoms with Gasteiger partial charge in [0.2, 0.25) is 0 Å². The van der Waals surface area contributed by atoms with E-state index in [1.165, 1.54) is 16.7 Å². The minimum Gasteiger partial charge on any atom is -0.497 e. The Morgan fingerprint density at radius 2 is 1.96 bits per heavy atom. The number of thiocarbonyl (C=S) groups is 1. The maximum Gasteiger partial charge on any atom is 0.270 e. The minimum absolute atomic E-state index is 0.178. The van der Waals surface area contributed by atoms with Gasteiger partial charge in [0, 0.05) is 6.07 Å². The molecule has 1 fully saturated rings. The fourth-order valence-corrected chi connectivity index (χ4v) is 3.90. The van der Waals surface area contributed by atoms with Gasteiger partial charge in [-0.05, 0) is 30.3 Å². The molecule has 0 atom stereocenters. The second-order valence-electron chi connectivity index (χ2n) is 5.50. The molecule has 0 spiro atoms. The van der Waals surface area contributed by atoms with E-state index in [0.717, 1.165) is 11.0 Å². The summed E-state index contributed by atoms with van der Waals surface area (Å²) in [7, 11) is 1.59. The van der Waals surface area contributed by atoms with Crippen LogP contribution < -0.4 is 9.64 Å². The predicted octanol–water partition coefficient (Wildman–Crippen LogP) is 4.04. The Hall–Kier alpha value is -2.77. The predicted molar refractivity (Wildman–Crippen MR) is 108 cm³/mol. The molecule has 0 saturated carbocycles. The van der Waals surface area contributed by atoms with Crippen molar-refractivity contribution in [1.29, 1.82) is 0 Å². The van der Waals surface area contributed by atoms with Crippen LogP contribution in [0.2, 0.25) is 0 Å². The Morgan fingerprint density at radius 1 is 1.15 bits per heavy atom. The first-order valence-electron chi connectivity index (χ1n) is 7.79. The van der Waals surface area contributed by atoms with E-state index in [-0.39, 0.29) is 5.91 Å². The number of carbonyl (C=O) groups excluding carboxylic acids is 1. The van der Waals surface area contributed by atoms with Crippen molar-refractivity contribution in [3.05, 3.63) is 65.3 Å². The number of para-hydroxylation sites is 2. The normalized spacial score (nSPS) is 15.9. The summed E-state index contributed by atoms with van der Waals surface area (Å²) in [5, 5.41) is 0. The molecule has 0 unspecified atom stereocenters. The SMILES string of the molecule is COc1cccc(N2C(=O)/C(=C/c3cnc4ccccc4n3)SC2=S)c1. The van der Waals surface area contributed by atoms with Crippen LogP contribution in [0.1, 0.15) is 5.69 Å². The van der Waals surface area contributed by atoms with Crippen molar-refractivity contribution >= 4 is 57.0 Å². The molecule has 1 aliphatic rings. The smallest absolute Gasteiger partial charge is 0.270 e. The maximum atomic E-state index is 12.8. The van der Waals surface area contributed by atoms with Crippen molar-refractivity contribution in [2.45, 2.75) is 0 Å². The third-order valence-corrected chi connectivity index (χ3v) is 5.15. The number of aromatic nitrogens is 2. The average Bonchev–Trinajstić information content (AvgIpc) is 2.95. The number of ether oxygens (including phenoxy) is 1. The van der Waals surface area contributed by atoms with E-state index in [9.17, 15) is 4.79 Å². The lowest BCUT2D eigenvalue weighted by Crippen LogP contribution is -2.27. The van der Waals surface area contributed by atoms with Gasteiger partial charge in [0.25, 0.3) is 5.91 Å². The number of fused-ring (bicyclic) bond motifs is 1. The van der Waals surface area contributed by atoms with Crippen LogP contribution in [0, 0.1) is 0 Å². The Bertz CT molecular complexity index is 1070. The summed E-state index contributed by atoms with van der Waals surface area (Å²) in [4.78, 5) is 23.8. The molecule has 26 heavy (non-hydrogen) atoms. The van der Waals surface area contributed by atoms with Crippen molar-refractivity contribution < 1.29 is 9.53 Å². The van der Waals surface area contributed by atoms with Gasteiger partial charge in [-0.2, -0.15) is 0 Å². The van der Waals surface area contributed by atoms with Gasteiger partial charge in [-0.15, -0.1) is 0 Å². The number of benzene rings is 2. The van der Waals surface area contributed by atoms with Gasteiger partial charge >= 0.3 is 0 Å². The third-order valence-electron chi connectivity index (χ3n) is 3.85. The molecule has 1 aromatic heterocycles. The molecule has 0 radical (unpaired) electrons. The topological polar surface area (TPSA) is 55.3 Å². The zero-order valence-electron chi connectivity index (χ0n) is 13.7. The Morgan fingerprint density at radius 3 is 2.77 bits per heavy atom. The highest BCUT2D eigenvalue weighted by Gasteiger charge is 2.33. The zero-order chi connectivity index (χ0) is 18.1. The van der Waals surface area contributed by atoms with Crippen LogP contribution in [-0.2, 0) is 4.79 Å². The summed E-state index contributed by atoms with van der Waals surface area (Å²) in [6.07, 6.45) is 3.37. The summed E-state index contributed by atoms with van der Waals surface area (Å²) in [5.41, 5.74) is 2.90. The molecule has 0 N–H and O–H groups in total.